The Labute approximate surface area is 155 Å². The Morgan fingerprint density at radius 1 is 1.04 bits per heavy atom. The summed E-state index contributed by atoms with van der Waals surface area (Å²) >= 11 is 0. The SMILES string of the molecule is COc1cc2c(cc1S(=O)(=O)Nc1cccc(OC(C)C)c1)CCCC2. The van der Waals surface area contributed by atoms with Crippen LogP contribution >= 0.6 is 0 Å². The van der Waals surface area contributed by atoms with Crippen LogP contribution in [0.3, 0.4) is 0 Å². The molecule has 0 atom stereocenters. The molecule has 0 spiro atoms. The van der Waals surface area contributed by atoms with Gasteiger partial charge in [-0.05, 0) is 74.9 Å². The summed E-state index contributed by atoms with van der Waals surface area (Å²) in [5.41, 5.74) is 2.73. The molecule has 140 valence electrons. The lowest BCUT2D eigenvalue weighted by Gasteiger charge is -2.20. The lowest BCUT2D eigenvalue weighted by atomic mass is 9.92. The van der Waals surface area contributed by atoms with E-state index in [1.807, 2.05) is 19.9 Å². The monoisotopic (exact) mass is 375 g/mol. The van der Waals surface area contributed by atoms with Gasteiger partial charge in [0.1, 0.15) is 16.4 Å². The number of sulfonamides is 1. The zero-order valence-corrected chi connectivity index (χ0v) is 16.2. The van der Waals surface area contributed by atoms with Gasteiger partial charge in [0, 0.05) is 6.07 Å². The summed E-state index contributed by atoms with van der Waals surface area (Å²) in [4.78, 5) is 0.177. The van der Waals surface area contributed by atoms with Crippen LogP contribution in [-0.2, 0) is 22.9 Å². The van der Waals surface area contributed by atoms with Gasteiger partial charge < -0.3 is 9.47 Å². The Hall–Kier alpha value is -2.21. The lowest BCUT2D eigenvalue weighted by molar-refractivity contribution is 0.242. The van der Waals surface area contributed by atoms with E-state index in [1.54, 1.807) is 30.3 Å². The first-order valence-corrected chi connectivity index (χ1v) is 10.4. The van der Waals surface area contributed by atoms with Gasteiger partial charge in [-0.25, -0.2) is 8.42 Å². The van der Waals surface area contributed by atoms with E-state index >= 15 is 0 Å². The molecule has 5 nitrogen and oxygen atoms in total. The van der Waals surface area contributed by atoms with Gasteiger partial charge in [-0.1, -0.05) is 6.07 Å². The third kappa shape index (κ3) is 4.12. The van der Waals surface area contributed by atoms with E-state index in [9.17, 15) is 8.42 Å². The maximum atomic E-state index is 13.0. The van der Waals surface area contributed by atoms with Crippen LogP contribution < -0.4 is 14.2 Å². The van der Waals surface area contributed by atoms with E-state index < -0.39 is 10.0 Å². The highest BCUT2D eigenvalue weighted by Gasteiger charge is 2.23. The highest BCUT2D eigenvalue weighted by molar-refractivity contribution is 7.92. The van der Waals surface area contributed by atoms with E-state index in [0.29, 0.717) is 17.2 Å². The fourth-order valence-electron chi connectivity index (χ4n) is 3.23. The van der Waals surface area contributed by atoms with Crippen molar-refractivity contribution in [1.82, 2.24) is 0 Å². The third-order valence-corrected chi connectivity index (χ3v) is 5.78. The summed E-state index contributed by atoms with van der Waals surface area (Å²) in [6.07, 6.45) is 4.10. The topological polar surface area (TPSA) is 64.6 Å². The Morgan fingerprint density at radius 2 is 1.73 bits per heavy atom. The van der Waals surface area contributed by atoms with Crippen LogP contribution in [0.15, 0.2) is 41.3 Å². The van der Waals surface area contributed by atoms with Gasteiger partial charge >= 0.3 is 0 Å². The number of fused-ring (bicyclic) bond motifs is 1. The molecule has 6 heteroatoms. The van der Waals surface area contributed by atoms with Gasteiger partial charge in [-0.15, -0.1) is 0 Å². The molecule has 0 aliphatic heterocycles. The molecule has 0 amide bonds. The highest BCUT2D eigenvalue weighted by atomic mass is 32.2. The summed E-state index contributed by atoms with van der Waals surface area (Å²) in [5.74, 6) is 1.00. The molecule has 1 N–H and O–H groups in total. The number of methoxy groups -OCH3 is 1. The summed E-state index contributed by atoms with van der Waals surface area (Å²) in [6.45, 7) is 3.85. The van der Waals surface area contributed by atoms with E-state index in [0.717, 1.165) is 31.2 Å². The second-order valence-corrected chi connectivity index (χ2v) is 8.43. The van der Waals surface area contributed by atoms with E-state index in [1.165, 1.54) is 12.7 Å². The fraction of sp³-hybridized carbons (Fsp3) is 0.400. The molecule has 0 saturated carbocycles. The number of rotatable bonds is 6. The van der Waals surface area contributed by atoms with Crippen LogP contribution in [0.2, 0.25) is 0 Å². The Kier molecular flexibility index (Phi) is 5.41. The Morgan fingerprint density at radius 3 is 2.38 bits per heavy atom. The Bertz CT molecular complexity index is 891. The number of benzene rings is 2. The van der Waals surface area contributed by atoms with Gasteiger partial charge in [0.2, 0.25) is 0 Å². The van der Waals surface area contributed by atoms with Crippen LogP contribution in [0.5, 0.6) is 11.5 Å². The second-order valence-electron chi connectivity index (χ2n) is 6.78. The molecule has 2 aromatic carbocycles. The van der Waals surface area contributed by atoms with E-state index in [-0.39, 0.29) is 11.0 Å². The smallest absolute Gasteiger partial charge is 0.265 e. The summed E-state index contributed by atoms with van der Waals surface area (Å²) in [6, 6.07) is 10.6. The van der Waals surface area contributed by atoms with Crippen LogP contribution in [-0.4, -0.2) is 21.6 Å². The van der Waals surface area contributed by atoms with Crippen molar-refractivity contribution in [2.24, 2.45) is 0 Å². The first-order chi connectivity index (χ1) is 12.4. The van der Waals surface area contributed by atoms with Crippen molar-refractivity contribution < 1.29 is 17.9 Å². The van der Waals surface area contributed by atoms with Crippen LogP contribution in [0, 0.1) is 0 Å². The van der Waals surface area contributed by atoms with E-state index in [4.69, 9.17) is 9.47 Å². The molecule has 1 aliphatic rings. The molecule has 2 aromatic rings. The molecule has 0 bridgehead atoms. The van der Waals surface area contributed by atoms with Crippen LogP contribution in [0.1, 0.15) is 37.8 Å². The van der Waals surface area contributed by atoms with Crippen LogP contribution in [0.4, 0.5) is 5.69 Å². The van der Waals surface area contributed by atoms with Crippen molar-refractivity contribution in [3.8, 4) is 11.5 Å². The van der Waals surface area contributed by atoms with Gasteiger partial charge in [0.15, 0.2) is 0 Å². The molecule has 0 aromatic heterocycles. The summed E-state index contributed by atoms with van der Waals surface area (Å²) < 4.78 is 39.6. The van der Waals surface area contributed by atoms with Gasteiger partial charge in [-0.2, -0.15) is 0 Å². The molecular weight excluding hydrogens is 350 g/mol. The third-order valence-electron chi connectivity index (χ3n) is 4.38. The largest absolute Gasteiger partial charge is 0.495 e. The van der Waals surface area contributed by atoms with Crippen molar-refractivity contribution in [1.29, 1.82) is 0 Å². The van der Waals surface area contributed by atoms with Crippen molar-refractivity contribution in [2.75, 3.05) is 11.8 Å². The molecule has 0 saturated heterocycles. The highest BCUT2D eigenvalue weighted by Crippen LogP contribution is 2.33. The zero-order valence-electron chi connectivity index (χ0n) is 15.4. The normalized spacial score (nSPS) is 14.0. The number of hydrogen-bond acceptors (Lipinski definition) is 4. The molecule has 1 aliphatic carbocycles. The standard InChI is InChI=1S/C20H25NO4S/c1-14(2)25-18-10-6-9-17(13-18)21-26(22,23)20-12-16-8-5-4-7-15(16)11-19(20)24-3/h6,9-14,21H,4-5,7-8H2,1-3H3. The van der Waals surface area contributed by atoms with Crippen molar-refractivity contribution in [3.05, 3.63) is 47.5 Å². The first-order valence-electron chi connectivity index (χ1n) is 8.88. The number of hydrogen-bond donors (Lipinski definition) is 1. The number of ether oxygens (including phenoxy) is 2. The minimum atomic E-state index is -3.77. The summed E-state index contributed by atoms with van der Waals surface area (Å²) in [7, 11) is -2.26. The molecular formula is C20H25NO4S. The molecule has 0 fully saturated rings. The van der Waals surface area contributed by atoms with Gasteiger partial charge in [0.05, 0.1) is 18.9 Å². The minimum absolute atomic E-state index is 0.0163. The fourth-order valence-corrected chi connectivity index (χ4v) is 4.48. The predicted octanol–water partition coefficient (Wildman–Crippen LogP) is 4.16. The van der Waals surface area contributed by atoms with Crippen molar-refractivity contribution >= 4 is 15.7 Å². The second kappa shape index (κ2) is 7.58. The molecule has 3 rings (SSSR count). The van der Waals surface area contributed by atoms with Gasteiger partial charge in [0.25, 0.3) is 10.0 Å². The number of nitrogens with one attached hydrogen (secondary N) is 1. The maximum Gasteiger partial charge on any atom is 0.265 e. The molecule has 0 unspecified atom stereocenters. The molecule has 0 radical (unpaired) electrons. The first kappa shape index (κ1) is 18.6. The molecule has 0 heterocycles. The predicted molar refractivity (Wildman–Crippen MR) is 103 cm³/mol. The lowest BCUT2D eigenvalue weighted by Crippen LogP contribution is -2.16. The van der Waals surface area contributed by atoms with Gasteiger partial charge in [-0.3, -0.25) is 4.72 Å². The maximum absolute atomic E-state index is 13.0. The van der Waals surface area contributed by atoms with Crippen molar-refractivity contribution in [2.45, 2.75) is 50.5 Å². The minimum Gasteiger partial charge on any atom is -0.495 e. The number of aryl methyl sites for hydroxylation is 2. The number of anilines is 1. The average molecular weight is 375 g/mol. The van der Waals surface area contributed by atoms with E-state index in [2.05, 4.69) is 4.72 Å². The average Bonchev–Trinajstić information content (AvgIpc) is 2.60. The molecule has 26 heavy (non-hydrogen) atoms. The summed E-state index contributed by atoms with van der Waals surface area (Å²) in [5, 5.41) is 0. The Balaban J connectivity index is 1.93. The van der Waals surface area contributed by atoms with Crippen LogP contribution in [0.25, 0.3) is 0 Å². The van der Waals surface area contributed by atoms with Crippen molar-refractivity contribution in [3.63, 3.8) is 0 Å². The quantitative estimate of drug-likeness (QED) is 0.823. The zero-order chi connectivity index (χ0) is 18.7.